The second-order valence-corrected chi connectivity index (χ2v) is 12.5. The molecule has 5 nitrogen and oxygen atoms in total. The van der Waals surface area contributed by atoms with Crippen molar-refractivity contribution in [2.24, 2.45) is 23.2 Å². The number of hydrogen-bond donors (Lipinski definition) is 2. The van der Waals surface area contributed by atoms with Gasteiger partial charge in [0.2, 0.25) is 0 Å². The van der Waals surface area contributed by atoms with E-state index in [0.29, 0.717) is 6.42 Å². The van der Waals surface area contributed by atoms with Crippen LogP contribution >= 0.6 is 23.2 Å². The van der Waals surface area contributed by atoms with Crippen molar-refractivity contribution in [3.63, 3.8) is 0 Å². The number of carbonyl (C=O) groups is 2. The van der Waals surface area contributed by atoms with Crippen LogP contribution in [0.5, 0.6) is 11.5 Å². The molecule has 1 aromatic rings. The van der Waals surface area contributed by atoms with Crippen LogP contribution in [0.25, 0.3) is 0 Å². The van der Waals surface area contributed by atoms with Gasteiger partial charge in [-0.1, -0.05) is 20.8 Å². The van der Waals surface area contributed by atoms with Gasteiger partial charge in [0.25, 0.3) is 0 Å². The first kappa shape index (κ1) is 24.8. The second-order valence-electron chi connectivity index (χ2n) is 11.5. The summed E-state index contributed by atoms with van der Waals surface area (Å²) in [6, 6.07) is 1.30. The molecule has 0 amide bonds. The molecule has 2 fully saturated rings. The molecule has 0 bridgehead atoms. The average Bonchev–Trinajstić information content (AvgIpc) is 2.72. The maximum atomic E-state index is 14.2. The number of rotatable bonds is 2. The van der Waals surface area contributed by atoms with Gasteiger partial charge in [-0.15, -0.1) is 23.2 Å². The van der Waals surface area contributed by atoms with Crippen molar-refractivity contribution in [3.05, 3.63) is 22.8 Å². The first-order valence-corrected chi connectivity index (χ1v) is 12.6. The molecular weight excluding hydrogens is 463 g/mol. The van der Waals surface area contributed by atoms with E-state index in [1.165, 1.54) is 13.0 Å². The van der Waals surface area contributed by atoms with Crippen molar-refractivity contribution in [1.82, 2.24) is 0 Å². The van der Waals surface area contributed by atoms with Crippen LogP contribution in [0.4, 0.5) is 0 Å². The van der Waals surface area contributed by atoms with E-state index in [2.05, 4.69) is 20.8 Å². The van der Waals surface area contributed by atoms with Crippen LogP contribution in [0, 0.1) is 30.1 Å². The van der Waals surface area contributed by atoms with Crippen LogP contribution in [-0.4, -0.2) is 43.7 Å². The predicted molar refractivity (Wildman–Crippen MR) is 129 cm³/mol. The third-order valence-electron chi connectivity index (χ3n) is 8.77. The van der Waals surface area contributed by atoms with Crippen LogP contribution in [-0.2, 0) is 4.74 Å². The quantitative estimate of drug-likeness (QED) is 0.489. The Morgan fingerprint density at radius 1 is 1.09 bits per heavy atom. The van der Waals surface area contributed by atoms with Gasteiger partial charge in [-0.2, -0.15) is 0 Å². The third-order valence-corrected chi connectivity index (χ3v) is 10.3. The standard InChI is InChI=1S/C26H34Cl2O5/c1-12-7-8-18(27)24(3,4)16(12)11-26-15(10-19(28)25(5,6)33-26)22(31)20-14(23(26)32)9-17(29)13(2)21(20)30/h9,12,15-16,18-19,29-30H,7-8,10-11H2,1-6H3/t12-,15?,16+,18?,19+,26+/m0/s1. The average molecular weight is 497 g/mol. The zero-order valence-electron chi connectivity index (χ0n) is 20.2. The molecule has 0 spiro atoms. The fourth-order valence-electron chi connectivity index (χ4n) is 6.41. The lowest BCUT2D eigenvalue weighted by molar-refractivity contribution is -0.181. The van der Waals surface area contributed by atoms with Crippen LogP contribution in [0.2, 0.25) is 0 Å². The summed E-state index contributed by atoms with van der Waals surface area (Å²) in [6.45, 7) is 11.6. The minimum Gasteiger partial charge on any atom is -0.508 e. The third kappa shape index (κ3) is 3.52. The summed E-state index contributed by atoms with van der Waals surface area (Å²) in [7, 11) is 0. The van der Waals surface area contributed by atoms with Gasteiger partial charge in [0, 0.05) is 16.5 Å². The molecule has 1 aromatic carbocycles. The van der Waals surface area contributed by atoms with E-state index < -0.39 is 22.5 Å². The maximum absolute atomic E-state index is 14.2. The Bertz CT molecular complexity index is 1020. The fraction of sp³-hybridized carbons (Fsp3) is 0.692. The van der Waals surface area contributed by atoms with Gasteiger partial charge in [-0.25, -0.2) is 0 Å². The minimum atomic E-state index is -1.43. The zero-order valence-corrected chi connectivity index (χ0v) is 21.7. The Morgan fingerprint density at radius 3 is 2.36 bits per heavy atom. The maximum Gasteiger partial charge on any atom is 0.196 e. The molecule has 1 saturated carbocycles. The van der Waals surface area contributed by atoms with Crippen molar-refractivity contribution in [2.75, 3.05) is 0 Å². The highest BCUT2D eigenvalue weighted by Gasteiger charge is 2.64. The van der Waals surface area contributed by atoms with E-state index in [4.69, 9.17) is 27.9 Å². The smallest absolute Gasteiger partial charge is 0.196 e. The fourth-order valence-corrected chi connectivity index (χ4v) is 6.92. The Kier molecular flexibility index (Phi) is 5.91. The predicted octanol–water partition coefficient (Wildman–Crippen LogP) is 6.02. The minimum absolute atomic E-state index is 0.0179. The van der Waals surface area contributed by atoms with Crippen LogP contribution in [0.1, 0.15) is 86.6 Å². The molecule has 6 atom stereocenters. The van der Waals surface area contributed by atoms with Gasteiger partial charge in [0.05, 0.1) is 22.5 Å². The summed E-state index contributed by atoms with van der Waals surface area (Å²) < 4.78 is 6.60. The number of fused-ring (bicyclic) bond motifs is 2. The van der Waals surface area contributed by atoms with Crippen LogP contribution < -0.4 is 0 Å². The lowest BCUT2D eigenvalue weighted by Crippen LogP contribution is -2.66. The van der Waals surface area contributed by atoms with Crippen LogP contribution in [0.15, 0.2) is 6.07 Å². The molecule has 2 N–H and O–H groups in total. The number of halogens is 2. The normalized spacial score (nSPS) is 37.4. The number of alkyl halides is 2. The summed E-state index contributed by atoms with van der Waals surface area (Å²) in [6.07, 6.45) is 2.44. The highest BCUT2D eigenvalue weighted by molar-refractivity contribution is 6.24. The van der Waals surface area contributed by atoms with Crippen molar-refractivity contribution < 1.29 is 24.5 Å². The molecule has 182 valence electrons. The zero-order chi connectivity index (χ0) is 24.7. The van der Waals surface area contributed by atoms with Gasteiger partial charge in [0.15, 0.2) is 11.6 Å². The molecule has 7 heteroatoms. The monoisotopic (exact) mass is 496 g/mol. The SMILES string of the molecule is Cc1c(O)cc2c(c1O)C(=O)C1C[C@@H](Cl)C(C)(C)O[C@@]1(C[C@@H]1[C@@H](C)CCC(Cl)C1(C)C)C2=O. The number of phenols is 2. The van der Waals surface area contributed by atoms with Crippen molar-refractivity contribution in [3.8, 4) is 11.5 Å². The van der Waals surface area contributed by atoms with E-state index in [9.17, 15) is 19.8 Å². The molecule has 1 aliphatic heterocycles. The summed E-state index contributed by atoms with van der Waals surface area (Å²) >= 11 is 13.4. The molecule has 4 rings (SSSR count). The number of aromatic hydroxyl groups is 2. The Balaban J connectivity index is 1.92. The first-order chi connectivity index (χ1) is 15.1. The second kappa shape index (κ2) is 7.86. The van der Waals surface area contributed by atoms with Gasteiger partial charge >= 0.3 is 0 Å². The van der Waals surface area contributed by atoms with Gasteiger partial charge in [-0.05, 0) is 69.8 Å². The number of carbonyl (C=O) groups excluding carboxylic acids is 2. The number of Topliss-reactive ketones (excluding diaryl/α,β-unsaturated/α-hetero) is 2. The van der Waals surface area contributed by atoms with Crippen molar-refractivity contribution in [2.45, 2.75) is 89.2 Å². The van der Waals surface area contributed by atoms with E-state index in [1.807, 2.05) is 13.8 Å². The Labute approximate surface area is 205 Å². The van der Waals surface area contributed by atoms with E-state index >= 15 is 0 Å². The molecule has 1 heterocycles. The Morgan fingerprint density at radius 2 is 1.73 bits per heavy atom. The molecular formula is C26H34Cl2O5. The molecule has 1 saturated heterocycles. The van der Waals surface area contributed by atoms with Crippen molar-refractivity contribution in [1.29, 1.82) is 0 Å². The molecule has 2 aliphatic carbocycles. The lowest BCUT2D eigenvalue weighted by atomic mass is 9.56. The summed E-state index contributed by atoms with van der Waals surface area (Å²) in [5.41, 5.74) is -2.39. The number of benzene rings is 1. The lowest BCUT2D eigenvalue weighted by Gasteiger charge is -2.56. The molecule has 33 heavy (non-hydrogen) atoms. The highest BCUT2D eigenvalue weighted by Crippen LogP contribution is 2.57. The van der Waals surface area contributed by atoms with E-state index in [0.717, 1.165) is 12.8 Å². The van der Waals surface area contributed by atoms with Gasteiger partial charge < -0.3 is 14.9 Å². The number of ether oxygens (including phenoxy) is 1. The summed E-state index contributed by atoms with van der Waals surface area (Å²) in [5, 5.41) is 20.5. The number of hydrogen-bond acceptors (Lipinski definition) is 5. The summed E-state index contributed by atoms with van der Waals surface area (Å²) in [5.74, 6) is -1.79. The molecule has 0 aromatic heterocycles. The molecule has 2 unspecified atom stereocenters. The number of phenolic OH excluding ortho intramolecular Hbond substituents is 2. The molecule has 0 radical (unpaired) electrons. The largest absolute Gasteiger partial charge is 0.508 e. The van der Waals surface area contributed by atoms with Crippen LogP contribution in [0.3, 0.4) is 0 Å². The van der Waals surface area contributed by atoms with E-state index in [-0.39, 0.29) is 68.8 Å². The van der Waals surface area contributed by atoms with Gasteiger partial charge in [-0.3, -0.25) is 9.59 Å². The van der Waals surface area contributed by atoms with E-state index in [1.54, 1.807) is 0 Å². The molecule has 3 aliphatic rings. The van der Waals surface area contributed by atoms with Gasteiger partial charge in [0.1, 0.15) is 17.1 Å². The summed E-state index contributed by atoms with van der Waals surface area (Å²) in [4.78, 5) is 28.1. The highest BCUT2D eigenvalue weighted by atomic mass is 35.5. The number of ketones is 2. The van der Waals surface area contributed by atoms with Crippen molar-refractivity contribution >= 4 is 34.8 Å². The Hall–Kier alpha value is -1.30. The first-order valence-electron chi connectivity index (χ1n) is 11.8. The topological polar surface area (TPSA) is 83.8 Å².